The van der Waals surface area contributed by atoms with Gasteiger partial charge in [0.15, 0.2) is 5.78 Å². The van der Waals surface area contributed by atoms with E-state index in [-0.39, 0.29) is 5.78 Å². The molecule has 1 aliphatic carbocycles. The van der Waals surface area contributed by atoms with Gasteiger partial charge in [0.25, 0.3) is 0 Å². The maximum Gasteiger partial charge on any atom is 0.162 e. The zero-order valence-electron chi connectivity index (χ0n) is 10.6. The van der Waals surface area contributed by atoms with Crippen molar-refractivity contribution in [2.45, 2.75) is 26.2 Å². The predicted molar refractivity (Wildman–Crippen MR) is 73.9 cm³/mol. The van der Waals surface area contributed by atoms with Gasteiger partial charge in [-0.25, -0.2) is 0 Å². The summed E-state index contributed by atoms with van der Waals surface area (Å²) in [6.45, 7) is 2.04. The van der Waals surface area contributed by atoms with Crippen molar-refractivity contribution >= 4 is 5.78 Å². The summed E-state index contributed by atoms with van der Waals surface area (Å²) in [5, 5.41) is 0. The van der Waals surface area contributed by atoms with Gasteiger partial charge in [-0.1, -0.05) is 43.3 Å². The normalized spacial score (nSPS) is 12.1. The van der Waals surface area contributed by atoms with Gasteiger partial charge in [-0.2, -0.15) is 0 Å². The fourth-order valence-electron chi connectivity index (χ4n) is 2.69. The lowest BCUT2D eigenvalue weighted by molar-refractivity contribution is 0.0981. The maximum absolute atomic E-state index is 11.9. The first-order chi connectivity index (χ1) is 8.79. The first-order valence-electron chi connectivity index (χ1n) is 6.54. The van der Waals surface area contributed by atoms with Crippen LogP contribution in [0.2, 0.25) is 0 Å². The molecule has 1 nitrogen and oxygen atoms in total. The number of Topliss-reactive ketones (excluding diaryl/α,β-unsaturated/α-hetero) is 1. The lowest BCUT2D eigenvalue weighted by Crippen LogP contribution is -1.98. The molecule has 1 aliphatic rings. The number of benzene rings is 2. The van der Waals surface area contributed by atoms with Crippen molar-refractivity contribution < 1.29 is 4.79 Å². The molecule has 0 amide bonds. The Morgan fingerprint density at radius 1 is 1.06 bits per heavy atom. The minimum absolute atomic E-state index is 0.260. The average molecular weight is 236 g/mol. The van der Waals surface area contributed by atoms with Gasteiger partial charge in [-0.3, -0.25) is 4.79 Å². The number of carbonyl (C=O) groups excluding carboxylic acids is 1. The summed E-state index contributed by atoms with van der Waals surface area (Å²) in [5.41, 5.74) is 6.13. The third-order valence-corrected chi connectivity index (χ3v) is 3.59. The lowest BCUT2D eigenvalue weighted by Gasteiger charge is -2.04. The van der Waals surface area contributed by atoms with Crippen LogP contribution in [0.15, 0.2) is 42.5 Å². The Morgan fingerprint density at radius 3 is 2.67 bits per heavy atom. The smallest absolute Gasteiger partial charge is 0.162 e. The van der Waals surface area contributed by atoms with E-state index in [9.17, 15) is 4.79 Å². The summed E-state index contributed by atoms with van der Waals surface area (Å²) >= 11 is 0. The van der Waals surface area contributed by atoms with Gasteiger partial charge in [0.05, 0.1) is 0 Å². The molecule has 3 rings (SSSR count). The van der Waals surface area contributed by atoms with Crippen LogP contribution in [0.5, 0.6) is 0 Å². The molecule has 0 spiro atoms. The Bertz CT molecular complexity index is 611. The van der Waals surface area contributed by atoms with E-state index in [1.54, 1.807) is 0 Å². The van der Waals surface area contributed by atoms with Crippen LogP contribution in [0.4, 0.5) is 0 Å². The Hall–Kier alpha value is -1.89. The molecule has 2 aromatic rings. The molecule has 0 N–H and O–H groups in total. The van der Waals surface area contributed by atoms with Crippen LogP contribution >= 0.6 is 0 Å². The van der Waals surface area contributed by atoms with Crippen molar-refractivity contribution in [1.29, 1.82) is 0 Å². The molecule has 0 aromatic heterocycles. The minimum atomic E-state index is 0.260. The number of rotatable bonds is 3. The van der Waals surface area contributed by atoms with Crippen LogP contribution in [-0.4, -0.2) is 5.78 Å². The number of carbonyl (C=O) groups is 1. The highest BCUT2D eigenvalue weighted by molar-refractivity contribution is 5.97. The Labute approximate surface area is 107 Å². The molecule has 90 valence electrons. The van der Waals surface area contributed by atoms with Crippen LogP contribution in [0.3, 0.4) is 0 Å². The van der Waals surface area contributed by atoms with Crippen molar-refractivity contribution in [1.82, 2.24) is 0 Å². The highest BCUT2D eigenvalue weighted by Crippen LogP contribution is 2.36. The molecule has 0 saturated heterocycles. The lowest BCUT2D eigenvalue weighted by atomic mass is 10.00. The first-order valence-corrected chi connectivity index (χ1v) is 6.54. The Morgan fingerprint density at radius 2 is 1.83 bits per heavy atom. The molecule has 0 unspecified atom stereocenters. The maximum atomic E-state index is 11.9. The van der Waals surface area contributed by atoms with Gasteiger partial charge < -0.3 is 0 Å². The monoisotopic (exact) mass is 236 g/mol. The van der Waals surface area contributed by atoms with Crippen LogP contribution in [0.25, 0.3) is 11.1 Å². The largest absolute Gasteiger partial charge is 0.294 e. The van der Waals surface area contributed by atoms with E-state index in [0.717, 1.165) is 18.4 Å². The average Bonchev–Trinajstić information content (AvgIpc) is 2.76. The zero-order valence-corrected chi connectivity index (χ0v) is 10.6. The Balaban J connectivity index is 2.01. The van der Waals surface area contributed by atoms with E-state index < -0.39 is 0 Å². The summed E-state index contributed by atoms with van der Waals surface area (Å²) in [6, 6.07) is 14.6. The second kappa shape index (κ2) is 4.41. The van der Waals surface area contributed by atoms with Crippen molar-refractivity contribution in [2.24, 2.45) is 0 Å². The van der Waals surface area contributed by atoms with Gasteiger partial charge in [0, 0.05) is 12.0 Å². The number of fused-ring (bicyclic) bond motifs is 3. The zero-order chi connectivity index (χ0) is 12.5. The van der Waals surface area contributed by atoms with E-state index in [1.807, 2.05) is 13.0 Å². The fourth-order valence-corrected chi connectivity index (χ4v) is 2.69. The van der Waals surface area contributed by atoms with E-state index in [2.05, 4.69) is 36.4 Å². The topological polar surface area (TPSA) is 17.1 Å². The second-order valence-electron chi connectivity index (χ2n) is 4.88. The molecule has 0 fully saturated rings. The summed E-state index contributed by atoms with van der Waals surface area (Å²) in [4.78, 5) is 11.9. The second-order valence-corrected chi connectivity index (χ2v) is 4.88. The standard InChI is InChI=1S/C17H16O/c1-2-5-17(18)13-8-9-16-14(11-13)10-12-6-3-4-7-15(12)16/h3-4,6-9,11H,2,5,10H2,1H3. The minimum Gasteiger partial charge on any atom is -0.294 e. The predicted octanol–water partition coefficient (Wildman–Crippen LogP) is 4.24. The van der Waals surface area contributed by atoms with Crippen LogP contribution < -0.4 is 0 Å². The van der Waals surface area contributed by atoms with Crippen LogP contribution in [0, 0.1) is 0 Å². The van der Waals surface area contributed by atoms with E-state index in [1.165, 1.54) is 22.3 Å². The molecule has 0 aliphatic heterocycles. The molecule has 0 atom stereocenters. The highest BCUT2D eigenvalue weighted by atomic mass is 16.1. The molecule has 0 heterocycles. The van der Waals surface area contributed by atoms with Crippen LogP contribution in [-0.2, 0) is 6.42 Å². The van der Waals surface area contributed by atoms with E-state index in [0.29, 0.717) is 6.42 Å². The van der Waals surface area contributed by atoms with Crippen molar-refractivity contribution in [2.75, 3.05) is 0 Å². The third-order valence-electron chi connectivity index (χ3n) is 3.59. The van der Waals surface area contributed by atoms with Gasteiger partial charge in [0.2, 0.25) is 0 Å². The van der Waals surface area contributed by atoms with Crippen molar-refractivity contribution in [3.63, 3.8) is 0 Å². The van der Waals surface area contributed by atoms with E-state index >= 15 is 0 Å². The third kappa shape index (κ3) is 1.76. The summed E-state index contributed by atoms with van der Waals surface area (Å²) in [5.74, 6) is 0.260. The number of hydrogen-bond donors (Lipinski definition) is 0. The Kier molecular flexibility index (Phi) is 2.75. The molecule has 0 radical (unpaired) electrons. The van der Waals surface area contributed by atoms with Gasteiger partial charge >= 0.3 is 0 Å². The van der Waals surface area contributed by atoms with Gasteiger partial charge in [-0.05, 0) is 41.2 Å². The molecular weight excluding hydrogens is 220 g/mol. The van der Waals surface area contributed by atoms with Crippen LogP contribution in [0.1, 0.15) is 41.3 Å². The van der Waals surface area contributed by atoms with E-state index in [4.69, 9.17) is 0 Å². The quantitative estimate of drug-likeness (QED) is 0.622. The molecule has 0 bridgehead atoms. The van der Waals surface area contributed by atoms with Crippen molar-refractivity contribution in [3.05, 3.63) is 59.2 Å². The summed E-state index contributed by atoms with van der Waals surface area (Å²) in [6.07, 6.45) is 2.51. The molecule has 2 aromatic carbocycles. The molecular formula is C17H16O. The van der Waals surface area contributed by atoms with Gasteiger partial charge in [-0.15, -0.1) is 0 Å². The number of ketones is 1. The highest BCUT2D eigenvalue weighted by Gasteiger charge is 2.18. The molecule has 0 saturated carbocycles. The first kappa shape index (κ1) is 11.2. The summed E-state index contributed by atoms with van der Waals surface area (Å²) < 4.78 is 0. The fraction of sp³-hybridized carbons (Fsp3) is 0.235. The number of hydrogen-bond acceptors (Lipinski definition) is 1. The molecule has 18 heavy (non-hydrogen) atoms. The van der Waals surface area contributed by atoms with Crippen molar-refractivity contribution in [3.8, 4) is 11.1 Å². The SMILES string of the molecule is CCCC(=O)c1ccc2c(c1)Cc1ccccc1-2. The van der Waals surface area contributed by atoms with Gasteiger partial charge in [0.1, 0.15) is 0 Å². The molecule has 1 heteroatoms. The summed E-state index contributed by atoms with van der Waals surface area (Å²) in [7, 11) is 0.